The lowest BCUT2D eigenvalue weighted by molar-refractivity contribution is 0.660. The van der Waals surface area contributed by atoms with Gasteiger partial charge in [-0.1, -0.05) is 155 Å². The maximum atomic E-state index is 6.43. The van der Waals surface area contributed by atoms with Crippen LogP contribution in [0.1, 0.15) is 49.9 Å². The molecule has 268 valence electrons. The zero-order chi connectivity index (χ0) is 37.8. The van der Waals surface area contributed by atoms with E-state index in [1.54, 1.807) is 0 Å². The minimum Gasteiger partial charge on any atom is -0.455 e. The van der Waals surface area contributed by atoms with Gasteiger partial charge in [-0.3, -0.25) is 0 Å². The number of para-hydroxylation sites is 2. The zero-order valence-corrected chi connectivity index (χ0v) is 32.1. The van der Waals surface area contributed by atoms with Crippen molar-refractivity contribution in [2.75, 3.05) is 4.90 Å². The summed E-state index contributed by atoms with van der Waals surface area (Å²) in [6.45, 7) is 9.40. The quantitative estimate of drug-likeness (QED) is 0.176. The van der Waals surface area contributed by atoms with E-state index in [1.807, 2.05) is 12.1 Å². The van der Waals surface area contributed by atoms with E-state index >= 15 is 0 Å². The van der Waals surface area contributed by atoms with Crippen molar-refractivity contribution in [3.8, 4) is 44.5 Å². The van der Waals surface area contributed by atoms with E-state index < -0.39 is 0 Å². The Kier molecular flexibility index (Phi) is 6.98. The minimum atomic E-state index is -0.104. The van der Waals surface area contributed by atoms with Gasteiger partial charge in [-0.2, -0.15) is 0 Å². The average molecular weight is 720 g/mol. The molecule has 0 saturated heterocycles. The number of hydrogen-bond acceptors (Lipinski definition) is 2. The van der Waals surface area contributed by atoms with Crippen molar-refractivity contribution in [2.45, 2.75) is 38.5 Å². The molecule has 9 aromatic rings. The first kappa shape index (κ1) is 32.8. The summed E-state index contributed by atoms with van der Waals surface area (Å²) in [6, 6.07) is 64.5. The fraction of sp³-hybridized carbons (Fsp3) is 0.111. The van der Waals surface area contributed by atoms with Crippen molar-refractivity contribution in [2.24, 2.45) is 0 Å². The van der Waals surface area contributed by atoms with Crippen LogP contribution in [-0.4, -0.2) is 0 Å². The Bertz CT molecular complexity index is 3010. The molecule has 0 radical (unpaired) electrons. The van der Waals surface area contributed by atoms with E-state index in [4.69, 9.17) is 4.42 Å². The maximum absolute atomic E-state index is 6.43. The average Bonchev–Trinajstić information content (AvgIpc) is 3.81. The van der Waals surface area contributed by atoms with E-state index in [1.165, 1.54) is 55.6 Å². The smallest absolute Gasteiger partial charge is 0.143 e. The molecule has 0 aliphatic heterocycles. The Hall–Kier alpha value is -6.64. The van der Waals surface area contributed by atoms with E-state index in [0.29, 0.717) is 0 Å². The molecule has 0 atom stereocenters. The number of fused-ring (bicyclic) bond motifs is 9. The van der Waals surface area contributed by atoms with Crippen LogP contribution in [0.15, 0.2) is 180 Å². The topological polar surface area (TPSA) is 16.4 Å². The van der Waals surface area contributed by atoms with Crippen LogP contribution >= 0.6 is 0 Å². The van der Waals surface area contributed by atoms with Crippen LogP contribution in [0.5, 0.6) is 0 Å². The van der Waals surface area contributed by atoms with Crippen LogP contribution in [0.25, 0.3) is 66.4 Å². The molecule has 8 aromatic carbocycles. The Labute approximate surface area is 328 Å². The van der Waals surface area contributed by atoms with Gasteiger partial charge in [-0.15, -0.1) is 0 Å². The number of nitrogens with zero attached hydrogens (tertiary/aromatic N) is 1. The third-order valence-corrected chi connectivity index (χ3v) is 12.7. The summed E-state index contributed by atoms with van der Waals surface area (Å²) in [4.78, 5) is 2.40. The standard InChI is InChI=1S/C54H41NO/c1-53(2)47-17-8-5-12-41(47)43-30-24-36(32-49(43)53)34-20-25-37(26-21-34)55(39-29-31-44-42-13-6-9-18-48(42)54(3,4)50(44)33-39)38-27-22-35(23-28-38)40-15-11-16-46-45-14-7-10-19-51(45)56-52(40)46/h5-33H,1-4H3. The van der Waals surface area contributed by atoms with E-state index in [0.717, 1.165) is 50.1 Å². The predicted molar refractivity (Wildman–Crippen MR) is 234 cm³/mol. The lowest BCUT2D eigenvalue weighted by Gasteiger charge is -2.28. The van der Waals surface area contributed by atoms with Gasteiger partial charge >= 0.3 is 0 Å². The molecular weight excluding hydrogens is 679 g/mol. The molecule has 0 saturated carbocycles. The molecule has 2 aliphatic rings. The maximum Gasteiger partial charge on any atom is 0.143 e. The van der Waals surface area contributed by atoms with Crippen molar-refractivity contribution < 1.29 is 4.42 Å². The molecule has 2 aliphatic carbocycles. The summed E-state index contributed by atoms with van der Waals surface area (Å²) < 4.78 is 6.43. The summed E-state index contributed by atoms with van der Waals surface area (Å²) >= 11 is 0. The molecule has 0 spiro atoms. The largest absolute Gasteiger partial charge is 0.455 e. The number of furan rings is 1. The Morgan fingerprint density at radius 2 is 0.839 bits per heavy atom. The number of hydrogen-bond donors (Lipinski definition) is 0. The molecule has 0 unspecified atom stereocenters. The van der Waals surface area contributed by atoms with Crippen LogP contribution < -0.4 is 4.90 Å². The number of benzene rings is 8. The summed E-state index contributed by atoms with van der Waals surface area (Å²) in [5.74, 6) is 0. The van der Waals surface area contributed by atoms with Crippen LogP contribution in [0, 0.1) is 0 Å². The normalized spacial score (nSPS) is 14.4. The van der Waals surface area contributed by atoms with Crippen molar-refractivity contribution >= 4 is 39.0 Å². The molecular formula is C54H41NO. The molecule has 0 fully saturated rings. The van der Waals surface area contributed by atoms with Gasteiger partial charge in [-0.05, 0) is 110 Å². The summed E-state index contributed by atoms with van der Waals surface area (Å²) in [6.07, 6.45) is 0. The van der Waals surface area contributed by atoms with Crippen LogP contribution in [0.2, 0.25) is 0 Å². The molecule has 1 aromatic heterocycles. The molecule has 56 heavy (non-hydrogen) atoms. The first-order valence-electron chi connectivity index (χ1n) is 19.7. The second-order valence-electron chi connectivity index (χ2n) is 16.5. The first-order chi connectivity index (χ1) is 27.3. The molecule has 2 nitrogen and oxygen atoms in total. The van der Waals surface area contributed by atoms with Crippen molar-refractivity contribution in [3.05, 3.63) is 198 Å². The Morgan fingerprint density at radius 3 is 1.52 bits per heavy atom. The van der Waals surface area contributed by atoms with Gasteiger partial charge in [-0.25, -0.2) is 0 Å². The summed E-state index contributed by atoms with van der Waals surface area (Å²) in [5.41, 5.74) is 20.6. The monoisotopic (exact) mass is 719 g/mol. The number of anilines is 3. The minimum absolute atomic E-state index is 0.0399. The van der Waals surface area contributed by atoms with Gasteiger partial charge < -0.3 is 9.32 Å². The summed E-state index contributed by atoms with van der Waals surface area (Å²) in [7, 11) is 0. The lowest BCUT2D eigenvalue weighted by atomic mass is 9.81. The fourth-order valence-electron chi connectivity index (χ4n) is 9.73. The first-order valence-corrected chi connectivity index (χ1v) is 19.7. The molecule has 11 rings (SSSR count). The van der Waals surface area contributed by atoms with Crippen molar-refractivity contribution in [1.82, 2.24) is 0 Å². The SMILES string of the molecule is CC1(C)c2ccccc2-c2ccc(-c3ccc(N(c4ccc(-c5cccc6c5oc5ccccc56)cc4)c4ccc5c(c4)C(C)(C)c4ccccc4-5)cc3)cc21. The van der Waals surface area contributed by atoms with Crippen LogP contribution in [0.3, 0.4) is 0 Å². The van der Waals surface area contributed by atoms with E-state index in [9.17, 15) is 0 Å². The van der Waals surface area contributed by atoms with Gasteiger partial charge in [0.1, 0.15) is 11.2 Å². The Morgan fingerprint density at radius 1 is 0.357 bits per heavy atom. The van der Waals surface area contributed by atoms with Crippen molar-refractivity contribution in [1.29, 1.82) is 0 Å². The highest BCUT2D eigenvalue weighted by Gasteiger charge is 2.37. The van der Waals surface area contributed by atoms with E-state index in [-0.39, 0.29) is 10.8 Å². The molecule has 0 bridgehead atoms. The highest BCUT2D eigenvalue weighted by atomic mass is 16.3. The third kappa shape index (κ3) is 4.75. The highest BCUT2D eigenvalue weighted by molar-refractivity contribution is 6.09. The van der Waals surface area contributed by atoms with E-state index in [2.05, 4.69) is 196 Å². The van der Waals surface area contributed by atoms with Gasteiger partial charge in [0.05, 0.1) is 0 Å². The van der Waals surface area contributed by atoms with Gasteiger partial charge in [0.15, 0.2) is 0 Å². The van der Waals surface area contributed by atoms with Crippen LogP contribution in [-0.2, 0) is 10.8 Å². The lowest BCUT2D eigenvalue weighted by Crippen LogP contribution is -2.16. The van der Waals surface area contributed by atoms with Gasteiger partial charge in [0, 0.05) is 44.2 Å². The molecule has 2 heteroatoms. The Balaban J connectivity index is 1.01. The second kappa shape index (κ2) is 11.9. The highest BCUT2D eigenvalue weighted by Crippen LogP contribution is 2.52. The molecule has 0 amide bonds. The molecule has 0 N–H and O–H groups in total. The summed E-state index contributed by atoms with van der Waals surface area (Å²) in [5, 5.41) is 2.29. The second-order valence-corrected chi connectivity index (χ2v) is 16.5. The zero-order valence-electron chi connectivity index (χ0n) is 32.1. The fourth-order valence-corrected chi connectivity index (χ4v) is 9.73. The molecule has 1 heterocycles. The van der Waals surface area contributed by atoms with Gasteiger partial charge in [0.25, 0.3) is 0 Å². The van der Waals surface area contributed by atoms with Gasteiger partial charge in [0.2, 0.25) is 0 Å². The number of rotatable bonds is 5. The van der Waals surface area contributed by atoms with Crippen LogP contribution in [0.4, 0.5) is 17.1 Å². The van der Waals surface area contributed by atoms with Crippen molar-refractivity contribution in [3.63, 3.8) is 0 Å². The third-order valence-electron chi connectivity index (χ3n) is 12.7. The predicted octanol–water partition coefficient (Wildman–Crippen LogP) is 15.0.